The van der Waals surface area contributed by atoms with E-state index in [1.54, 1.807) is 0 Å². The SMILES string of the molecule is CCNC(=NCc1nccn1CC(C)C)NCC(O)c1ccc(OC(C)C)cc1. The Bertz CT molecular complexity index is 753. The lowest BCUT2D eigenvalue weighted by molar-refractivity contribution is 0.180. The quantitative estimate of drug-likeness (QED) is 0.421. The predicted molar refractivity (Wildman–Crippen MR) is 117 cm³/mol. The van der Waals surface area contributed by atoms with Crippen LogP contribution in [0.15, 0.2) is 41.7 Å². The van der Waals surface area contributed by atoms with Gasteiger partial charge < -0.3 is 25.0 Å². The summed E-state index contributed by atoms with van der Waals surface area (Å²) in [5.41, 5.74) is 0.830. The summed E-state index contributed by atoms with van der Waals surface area (Å²) >= 11 is 0. The van der Waals surface area contributed by atoms with Crippen LogP contribution in [0.1, 0.15) is 52.1 Å². The van der Waals surface area contributed by atoms with E-state index in [4.69, 9.17) is 4.74 Å². The fraction of sp³-hybridized carbons (Fsp3) is 0.545. The Kier molecular flexibility index (Phi) is 8.99. The van der Waals surface area contributed by atoms with Crippen molar-refractivity contribution >= 4 is 5.96 Å². The molecule has 160 valence electrons. The highest BCUT2D eigenvalue weighted by molar-refractivity contribution is 5.79. The highest BCUT2D eigenvalue weighted by atomic mass is 16.5. The van der Waals surface area contributed by atoms with E-state index in [9.17, 15) is 5.11 Å². The third kappa shape index (κ3) is 7.77. The molecule has 1 aromatic heterocycles. The zero-order valence-electron chi connectivity index (χ0n) is 18.2. The molecule has 2 rings (SSSR count). The number of imidazole rings is 1. The van der Waals surface area contributed by atoms with Crippen LogP contribution in [0.25, 0.3) is 0 Å². The van der Waals surface area contributed by atoms with Crippen LogP contribution in [0.4, 0.5) is 0 Å². The van der Waals surface area contributed by atoms with Crippen molar-refractivity contribution < 1.29 is 9.84 Å². The van der Waals surface area contributed by atoms with Gasteiger partial charge in [-0.15, -0.1) is 0 Å². The third-order valence-corrected chi connectivity index (χ3v) is 4.19. The van der Waals surface area contributed by atoms with E-state index in [2.05, 4.69) is 39.0 Å². The van der Waals surface area contributed by atoms with E-state index >= 15 is 0 Å². The van der Waals surface area contributed by atoms with E-state index in [-0.39, 0.29) is 6.10 Å². The molecule has 0 saturated heterocycles. The number of aliphatic hydroxyl groups excluding tert-OH is 1. The van der Waals surface area contributed by atoms with Crippen LogP contribution in [0.5, 0.6) is 5.75 Å². The highest BCUT2D eigenvalue weighted by Crippen LogP contribution is 2.18. The number of nitrogens with one attached hydrogen (secondary N) is 2. The van der Waals surface area contributed by atoms with Crippen LogP contribution in [0.3, 0.4) is 0 Å². The summed E-state index contributed by atoms with van der Waals surface area (Å²) < 4.78 is 7.78. The molecule has 0 bridgehead atoms. The Balaban J connectivity index is 1.94. The standard InChI is InChI=1S/C22H35N5O2/c1-6-23-22(26-14-21-24-11-12-27(21)15-16(2)3)25-13-20(28)18-7-9-19(10-8-18)29-17(4)5/h7-12,16-17,20,28H,6,13-15H2,1-5H3,(H2,23,25,26). The molecule has 0 aliphatic heterocycles. The van der Waals surface area contributed by atoms with Crippen molar-refractivity contribution in [3.8, 4) is 5.75 Å². The fourth-order valence-electron chi connectivity index (χ4n) is 2.89. The number of hydrogen-bond donors (Lipinski definition) is 3. The van der Waals surface area contributed by atoms with Gasteiger partial charge in [0.05, 0.1) is 12.2 Å². The molecule has 1 unspecified atom stereocenters. The third-order valence-electron chi connectivity index (χ3n) is 4.19. The molecular formula is C22H35N5O2. The van der Waals surface area contributed by atoms with E-state index < -0.39 is 6.10 Å². The number of aromatic nitrogens is 2. The van der Waals surface area contributed by atoms with Gasteiger partial charge in [0.1, 0.15) is 18.1 Å². The highest BCUT2D eigenvalue weighted by Gasteiger charge is 2.10. The smallest absolute Gasteiger partial charge is 0.191 e. The minimum Gasteiger partial charge on any atom is -0.491 e. The minimum atomic E-state index is -0.644. The van der Waals surface area contributed by atoms with Crippen molar-refractivity contribution in [2.45, 2.75) is 59.9 Å². The van der Waals surface area contributed by atoms with Crippen LogP contribution >= 0.6 is 0 Å². The van der Waals surface area contributed by atoms with Crippen LogP contribution in [-0.2, 0) is 13.1 Å². The van der Waals surface area contributed by atoms with Crippen molar-refractivity contribution in [2.24, 2.45) is 10.9 Å². The normalized spacial score (nSPS) is 13.0. The molecule has 0 fully saturated rings. The van der Waals surface area contributed by atoms with Gasteiger partial charge in [-0.1, -0.05) is 26.0 Å². The molecule has 29 heavy (non-hydrogen) atoms. The molecule has 1 aromatic carbocycles. The molecule has 1 heterocycles. The maximum absolute atomic E-state index is 10.5. The largest absolute Gasteiger partial charge is 0.491 e. The van der Waals surface area contributed by atoms with Gasteiger partial charge in [-0.05, 0) is 44.4 Å². The number of hydrogen-bond acceptors (Lipinski definition) is 4. The van der Waals surface area contributed by atoms with Gasteiger partial charge in [-0.3, -0.25) is 0 Å². The average molecular weight is 402 g/mol. The summed E-state index contributed by atoms with van der Waals surface area (Å²) in [4.78, 5) is 9.03. The Morgan fingerprint density at radius 3 is 2.52 bits per heavy atom. The van der Waals surface area contributed by atoms with Gasteiger partial charge in [0.2, 0.25) is 0 Å². The maximum atomic E-state index is 10.5. The van der Waals surface area contributed by atoms with E-state index in [1.807, 2.05) is 57.4 Å². The lowest BCUT2D eigenvalue weighted by Gasteiger charge is -2.16. The summed E-state index contributed by atoms with van der Waals surface area (Å²) in [5, 5.41) is 16.9. The molecule has 7 nitrogen and oxygen atoms in total. The van der Waals surface area contributed by atoms with Crippen LogP contribution in [-0.4, -0.2) is 39.8 Å². The molecule has 2 aromatic rings. The van der Waals surface area contributed by atoms with Gasteiger partial charge in [-0.2, -0.15) is 0 Å². The minimum absolute atomic E-state index is 0.127. The number of aliphatic hydroxyl groups is 1. The Morgan fingerprint density at radius 1 is 1.17 bits per heavy atom. The molecular weight excluding hydrogens is 366 g/mol. The fourth-order valence-corrected chi connectivity index (χ4v) is 2.89. The van der Waals surface area contributed by atoms with Crippen molar-refractivity contribution in [3.63, 3.8) is 0 Å². The summed E-state index contributed by atoms with van der Waals surface area (Å²) in [6.07, 6.45) is 3.28. The van der Waals surface area contributed by atoms with Gasteiger partial charge in [0, 0.05) is 32.0 Å². The van der Waals surface area contributed by atoms with Crippen LogP contribution < -0.4 is 15.4 Å². The van der Waals surface area contributed by atoms with Crippen LogP contribution in [0, 0.1) is 5.92 Å². The monoisotopic (exact) mass is 401 g/mol. The zero-order valence-corrected chi connectivity index (χ0v) is 18.2. The van der Waals surface area contributed by atoms with Crippen molar-refractivity contribution in [1.29, 1.82) is 0 Å². The van der Waals surface area contributed by atoms with E-state index in [1.165, 1.54) is 0 Å². The number of guanidine groups is 1. The van der Waals surface area contributed by atoms with Crippen molar-refractivity contribution in [2.75, 3.05) is 13.1 Å². The molecule has 0 aliphatic carbocycles. The Hall–Kier alpha value is -2.54. The predicted octanol–water partition coefficient (Wildman–Crippen LogP) is 3.12. The maximum Gasteiger partial charge on any atom is 0.191 e. The second-order valence-electron chi connectivity index (χ2n) is 7.72. The van der Waals surface area contributed by atoms with Crippen molar-refractivity contribution in [3.05, 3.63) is 48.0 Å². The molecule has 0 radical (unpaired) electrons. The number of nitrogens with zero attached hydrogens (tertiary/aromatic N) is 3. The van der Waals surface area contributed by atoms with Gasteiger partial charge >= 0.3 is 0 Å². The van der Waals surface area contributed by atoms with E-state index in [0.29, 0.717) is 25.0 Å². The first-order valence-electron chi connectivity index (χ1n) is 10.4. The van der Waals surface area contributed by atoms with Gasteiger partial charge in [-0.25, -0.2) is 9.98 Å². The van der Waals surface area contributed by atoms with Crippen molar-refractivity contribution in [1.82, 2.24) is 20.2 Å². The molecule has 0 aliphatic rings. The summed E-state index contributed by atoms with van der Waals surface area (Å²) in [6.45, 7) is 12.9. The second kappa shape index (κ2) is 11.5. The Morgan fingerprint density at radius 2 is 1.90 bits per heavy atom. The average Bonchev–Trinajstić information content (AvgIpc) is 3.10. The molecule has 7 heteroatoms. The van der Waals surface area contributed by atoms with Crippen LogP contribution in [0.2, 0.25) is 0 Å². The summed E-state index contributed by atoms with van der Waals surface area (Å²) in [7, 11) is 0. The first kappa shape index (κ1) is 22.7. The number of ether oxygens (including phenoxy) is 1. The summed E-state index contributed by atoms with van der Waals surface area (Å²) in [5.74, 6) is 2.93. The molecule has 0 amide bonds. The van der Waals surface area contributed by atoms with E-state index in [0.717, 1.165) is 30.2 Å². The Labute approximate surface area is 174 Å². The number of rotatable bonds is 10. The van der Waals surface area contributed by atoms with Gasteiger partial charge in [0.15, 0.2) is 5.96 Å². The first-order valence-corrected chi connectivity index (χ1v) is 10.4. The molecule has 0 saturated carbocycles. The molecule has 3 N–H and O–H groups in total. The topological polar surface area (TPSA) is 83.7 Å². The lowest BCUT2D eigenvalue weighted by Crippen LogP contribution is -2.39. The molecule has 0 spiro atoms. The second-order valence-corrected chi connectivity index (χ2v) is 7.72. The first-order chi connectivity index (χ1) is 13.9. The lowest BCUT2D eigenvalue weighted by atomic mass is 10.1. The molecule has 1 atom stereocenters. The van der Waals surface area contributed by atoms with Gasteiger partial charge in [0.25, 0.3) is 0 Å². The number of aliphatic imine (C=N–C) groups is 1. The number of benzene rings is 1. The summed E-state index contributed by atoms with van der Waals surface area (Å²) in [6, 6.07) is 7.53. The zero-order chi connectivity index (χ0) is 21.2.